The van der Waals surface area contributed by atoms with E-state index in [9.17, 15) is 0 Å². The van der Waals surface area contributed by atoms with E-state index < -0.39 is 0 Å². The molecule has 0 N–H and O–H groups in total. The van der Waals surface area contributed by atoms with Gasteiger partial charge < -0.3 is 4.74 Å². The zero-order valence-corrected chi connectivity index (χ0v) is 9.42. The first-order valence-electron chi connectivity index (χ1n) is 5.54. The summed E-state index contributed by atoms with van der Waals surface area (Å²) in [5.41, 5.74) is 1.29. The van der Waals surface area contributed by atoms with Crippen molar-refractivity contribution in [2.75, 3.05) is 6.61 Å². The first-order chi connectivity index (χ1) is 6.84. The number of hydrogen-bond donors (Lipinski definition) is 0. The van der Waals surface area contributed by atoms with Gasteiger partial charge in [0, 0.05) is 0 Å². The molecule has 1 aliphatic carbocycles. The fourth-order valence-electron chi connectivity index (χ4n) is 1.13. The number of benzene rings is 1. The second-order valence-electron chi connectivity index (χ2n) is 3.57. The van der Waals surface area contributed by atoms with Crippen molar-refractivity contribution in [2.24, 2.45) is 5.92 Å². The van der Waals surface area contributed by atoms with Gasteiger partial charge in [0.2, 0.25) is 0 Å². The van der Waals surface area contributed by atoms with Crippen LogP contribution >= 0.6 is 0 Å². The molecular weight excluding hydrogens is 172 g/mol. The molecule has 1 aliphatic rings. The van der Waals surface area contributed by atoms with E-state index in [1.54, 1.807) is 0 Å². The first kappa shape index (κ1) is 11.1. The molecule has 0 spiro atoms. The van der Waals surface area contributed by atoms with Crippen LogP contribution in [0.25, 0.3) is 0 Å². The first-order valence-corrected chi connectivity index (χ1v) is 5.54. The van der Waals surface area contributed by atoms with Crippen LogP contribution in [-0.2, 0) is 0 Å². The Morgan fingerprint density at radius 3 is 2.21 bits per heavy atom. The molecule has 0 heterocycles. The molecule has 78 valence electrons. The van der Waals surface area contributed by atoms with Crippen LogP contribution < -0.4 is 4.74 Å². The topological polar surface area (TPSA) is 9.23 Å². The summed E-state index contributed by atoms with van der Waals surface area (Å²) in [6.07, 6.45) is 2.71. The van der Waals surface area contributed by atoms with Gasteiger partial charge in [-0.3, -0.25) is 0 Å². The van der Waals surface area contributed by atoms with Gasteiger partial charge in [0.15, 0.2) is 0 Å². The van der Waals surface area contributed by atoms with Crippen LogP contribution in [-0.4, -0.2) is 6.61 Å². The minimum absolute atomic E-state index is 0.839. The lowest BCUT2D eigenvalue weighted by Crippen LogP contribution is -1.98. The molecule has 0 saturated heterocycles. The molecule has 0 aromatic heterocycles. The molecule has 0 unspecified atom stereocenters. The highest BCUT2D eigenvalue weighted by Gasteiger charge is 2.21. The van der Waals surface area contributed by atoms with Gasteiger partial charge >= 0.3 is 0 Å². The third-order valence-corrected chi connectivity index (χ3v) is 2.20. The van der Waals surface area contributed by atoms with Gasteiger partial charge in [0.05, 0.1) is 6.61 Å². The lowest BCUT2D eigenvalue weighted by atomic mass is 10.2. The van der Waals surface area contributed by atoms with Crippen molar-refractivity contribution in [3.8, 4) is 5.75 Å². The number of ether oxygens (including phenoxy) is 1. The van der Waals surface area contributed by atoms with Gasteiger partial charge in [-0.25, -0.2) is 0 Å². The van der Waals surface area contributed by atoms with E-state index in [1.807, 2.05) is 26.0 Å². The molecule has 0 amide bonds. The summed E-state index contributed by atoms with van der Waals surface area (Å²) >= 11 is 0. The molecular formula is C13H20O. The third-order valence-electron chi connectivity index (χ3n) is 2.20. The Bertz CT molecular complexity index is 246. The summed E-state index contributed by atoms with van der Waals surface area (Å²) in [5.74, 6) is 1.85. The third kappa shape index (κ3) is 3.82. The molecule has 0 aliphatic heterocycles. The highest BCUT2D eigenvalue weighted by molar-refractivity contribution is 5.26. The minimum Gasteiger partial charge on any atom is -0.493 e. The van der Waals surface area contributed by atoms with Gasteiger partial charge in [-0.1, -0.05) is 31.5 Å². The lowest BCUT2D eigenvalue weighted by Gasteiger charge is -2.04. The fourth-order valence-corrected chi connectivity index (χ4v) is 1.13. The van der Waals surface area contributed by atoms with E-state index in [-0.39, 0.29) is 0 Å². The van der Waals surface area contributed by atoms with Crippen LogP contribution in [0.4, 0.5) is 0 Å². The molecule has 1 saturated carbocycles. The molecule has 14 heavy (non-hydrogen) atoms. The Hall–Kier alpha value is -0.980. The van der Waals surface area contributed by atoms with Crippen molar-refractivity contribution in [2.45, 2.75) is 33.6 Å². The van der Waals surface area contributed by atoms with Gasteiger partial charge in [0.1, 0.15) is 5.75 Å². The quantitative estimate of drug-likeness (QED) is 0.707. The summed E-state index contributed by atoms with van der Waals surface area (Å²) in [6, 6.07) is 8.25. The van der Waals surface area contributed by atoms with Crippen LogP contribution in [0.1, 0.15) is 32.3 Å². The van der Waals surface area contributed by atoms with Gasteiger partial charge in [0.25, 0.3) is 0 Å². The fraction of sp³-hybridized carbons (Fsp3) is 0.538. The monoisotopic (exact) mass is 192 g/mol. The predicted octanol–water partition coefficient (Wildman–Crippen LogP) is 3.81. The van der Waals surface area contributed by atoms with E-state index >= 15 is 0 Å². The Morgan fingerprint density at radius 1 is 1.14 bits per heavy atom. The second-order valence-corrected chi connectivity index (χ2v) is 3.57. The maximum Gasteiger partial charge on any atom is 0.119 e. The molecule has 0 radical (unpaired) electrons. The Morgan fingerprint density at radius 2 is 1.71 bits per heavy atom. The Kier molecular flexibility index (Phi) is 4.51. The van der Waals surface area contributed by atoms with Crippen molar-refractivity contribution < 1.29 is 4.74 Å². The zero-order valence-electron chi connectivity index (χ0n) is 9.42. The number of hydrogen-bond acceptors (Lipinski definition) is 1. The molecule has 1 heteroatoms. The van der Waals surface area contributed by atoms with E-state index in [2.05, 4.69) is 19.1 Å². The number of rotatable bonds is 3. The van der Waals surface area contributed by atoms with Crippen LogP contribution in [0.15, 0.2) is 24.3 Å². The summed E-state index contributed by atoms with van der Waals surface area (Å²) in [4.78, 5) is 0. The second kappa shape index (κ2) is 5.69. The minimum atomic E-state index is 0.839. The molecule has 0 bridgehead atoms. The maximum absolute atomic E-state index is 5.58. The highest BCUT2D eigenvalue weighted by Crippen LogP contribution is 2.29. The molecule has 2 rings (SSSR count). The summed E-state index contributed by atoms with van der Waals surface area (Å²) in [6.45, 7) is 6.99. The summed E-state index contributed by atoms with van der Waals surface area (Å²) < 4.78 is 5.58. The van der Waals surface area contributed by atoms with E-state index in [0.29, 0.717) is 0 Å². The van der Waals surface area contributed by atoms with E-state index in [4.69, 9.17) is 4.74 Å². The van der Waals surface area contributed by atoms with Gasteiger partial charge in [-0.2, -0.15) is 0 Å². The smallest absolute Gasteiger partial charge is 0.119 e. The number of aryl methyl sites for hydroxylation is 1. The SMILES string of the molecule is CC.Cc1ccc(OCC2CC2)cc1. The van der Waals surface area contributed by atoms with Crippen molar-refractivity contribution >= 4 is 0 Å². The van der Waals surface area contributed by atoms with Crippen LogP contribution in [0, 0.1) is 12.8 Å². The predicted molar refractivity (Wildman–Crippen MR) is 60.7 cm³/mol. The van der Waals surface area contributed by atoms with Crippen molar-refractivity contribution in [1.82, 2.24) is 0 Å². The standard InChI is InChI=1S/C11H14O.C2H6/c1-9-2-6-11(7-3-9)12-8-10-4-5-10;1-2/h2-3,6-7,10H,4-5,8H2,1H3;1-2H3. The molecule has 1 fully saturated rings. The molecule has 1 aromatic rings. The van der Waals surface area contributed by atoms with Crippen molar-refractivity contribution in [3.05, 3.63) is 29.8 Å². The van der Waals surface area contributed by atoms with Crippen LogP contribution in [0.2, 0.25) is 0 Å². The zero-order chi connectivity index (χ0) is 10.4. The van der Waals surface area contributed by atoms with E-state index in [0.717, 1.165) is 18.3 Å². The average molecular weight is 192 g/mol. The normalized spacial score (nSPS) is 14.2. The Balaban J connectivity index is 0.000000461. The molecule has 0 atom stereocenters. The highest BCUT2D eigenvalue weighted by atomic mass is 16.5. The Labute approximate surface area is 87.1 Å². The summed E-state index contributed by atoms with van der Waals surface area (Å²) in [5, 5.41) is 0. The van der Waals surface area contributed by atoms with Gasteiger partial charge in [-0.05, 0) is 37.8 Å². The average Bonchev–Trinajstić information content (AvgIpc) is 3.04. The van der Waals surface area contributed by atoms with Crippen molar-refractivity contribution in [3.63, 3.8) is 0 Å². The van der Waals surface area contributed by atoms with Crippen LogP contribution in [0.5, 0.6) is 5.75 Å². The largest absolute Gasteiger partial charge is 0.493 e. The lowest BCUT2D eigenvalue weighted by molar-refractivity contribution is 0.300. The maximum atomic E-state index is 5.58. The van der Waals surface area contributed by atoms with E-state index in [1.165, 1.54) is 18.4 Å². The summed E-state index contributed by atoms with van der Waals surface area (Å²) in [7, 11) is 0. The van der Waals surface area contributed by atoms with Crippen LogP contribution in [0.3, 0.4) is 0 Å². The van der Waals surface area contributed by atoms with Gasteiger partial charge in [-0.15, -0.1) is 0 Å². The molecule has 1 nitrogen and oxygen atoms in total. The molecule has 1 aromatic carbocycles. The van der Waals surface area contributed by atoms with Crippen molar-refractivity contribution in [1.29, 1.82) is 0 Å².